The molecular weight excluding hydrogens is 206 g/mol. The molecule has 2 nitrogen and oxygen atoms in total. The summed E-state index contributed by atoms with van der Waals surface area (Å²) in [5.41, 5.74) is 1.74. The second-order valence-electron chi connectivity index (χ2n) is 4.73. The van der Waals surface area contributed by atoms with E-state index in [1.165, 1.54) is 24.9 Å². The number of thiophene rings is 1. The molecule has 1 unspecified atom stereocenters. The Morgan fingerprint density at radius 3 is 2.87 bits per heavy atom. The Kier molecular flexibility index (Phi) is 2.34. The lowest BCUT2D eigenvalue weighted by Gasteiger charge is -2.46. The highest BCUT2D eigenvalue weighted by Gasteiger charge is 2.49. The van der Waals surface area contributed by atoms with E-state index < -0.39 is 0 Å². The number of hydrogen-bond acceptors (Lipinski definition) is 3. The molecule has 1 aromatic heterocycles. The Morgan fingerprint density at radius 2 is 2.40 bits per heavy atom. The van der Waals surface area contributed by atoms with Crippen molar-refractivity contribution in [3.8, 4) is 0 Å². The quantitative estimate of drug-likeness (QED) is 0.829. The first-order valence-corrected chi connectivity index (χ1v) is 6.57. The van der Waals surface area contributed by atoms with Crippen molar-refractivity contribution in [2.75, 3.05) is 19.8 Å². The molecule has 3 heterocycles. The van der Waals surface area contributed by atoms with Gasteiger partial charge in [0.25, 0.3) is 0 Å². The summed E-state index contributed by atoms with van der Waals surface area (Å²) in [4.78, 5) is 1.55. The van der Waals surface area contributed by atoms with Crippen molar-refractivity contribution >= 4 is 11.3 Å². The van der Waals surface area contributed by atoms with Crippen molar-refractivity contribution in [2.24, 2.45) is 0 Å². The minimum atomic E-state index is 0.300. The standard InChI is InChI=1S/C12H17NOS/c1-9-4-6-15-11(9)12(7-14-8-12)10-3-2-5-13-10/h4,6,10,13H,2-3,5,7-8H2,1H3. The van der Waals surface area contributed by atoms with Crippen molar-refractivity contribution in [3.63, 3.8) is 0 Å². The number of aryl methyl sites for hydroxylation is 1. The summed E-state index contributed by atoms with van der Waals surface area (Å²) in [5, 5.41) is 5.85. The van der Waals surface area contributed by atoms with E-state index in [0.29, 0.717) is 11.5 Å². The van der Waals surface area contributed by atoms with E-state index in [1.807, 2.05) is 11.3 Å². The average molecular weight is 223 g/mol. The first kappa shape index (κ1) is 9.82. The number of ether oxygens (including phenoxy) is 1. The molecule has 0 spiro atoms. The van der Waals surface area contributed by atoms with Gasteiger partial charge in [-0.25, -0.2) is 0 Å². The van der Waals surface area contributed by atoms with Crippen molar-refractivity contribution in [3.05, 3.63) is 21.9 Å². The van der Waals surface area contributed by atoms with Gasteiger partial charge in [0.15, 0.2) is 0 Å². The lowest BCUT2D eigenvalue weighted by Crippen LogP contribution is -2.58. The van der Waals surface area contributed by atoms with Gasteiger partial charge in [-0.05, 0) is 43.3 Å². The molecule has 0 radical (unpaired) electrons. The van der Waals surface area contributed by atoms with Gasteiger partial charge in [-0.15, -0.1) is 11.3 Å². The van der Waals surface area contributed by atoms with Crippen LogP contribution in [0.1, 0.15) is 23.3 Å². The van der Waals surface area contributed by atoms with Gasteiger partial charge in [0.05, 0.1) is 18.6 Å². The Hall–Kier alpha value is -0.380. The van der Waals surface area contributed by atoms with Crippen molar-refractivity contribution < 1.29 is 4.74 Å². The maximum atomic E-state index is 5.50. The highest BCUT2D eigenvalue weighted by molar-refractivity contribution is 7.10. The fourth-order valence-corrected chi connectivity index (χ4v) is 4.01. The average Bonchev–Trinajstić information content (AvgIpc) is 2.77. The van der Waals surface area contributed by atoms with Crippen molar-refractivity contribution in [1.29, 1.82) is 0 Å². The topological polar surface area (TPSA) is 21.3 Å². The number of rotatable bonds is 2. The highest BCUT2D eigenvalue weighted by atomic mass is 32.1. The van der Waals surface area contributed by atoms with Crippen LogP contribution in [0.3, 0.4) is 0 Å². The van der Waals surface area contributed by atoms with Crippen LogP contribution in [-0.4, -0.2) is 25.8 Å². The van der Waals surface area contributed by atoms with E-state index in [-0.39, 0.29) is 0 Å². The van der Waals surface area contributed by atoms with Crippen molar-refractivity contribution in [2.45, 2.75) is 31.2 Å². The fourth-order valence-electron chi connectivity index (χ4n) is 2.85. The minimum absolute atomic E-state index is 0.300. The molecule has 2 aliphatic rings. The normalized spacial score (nSPS) is 29.0. The van der Waals surface area contributed by atoms with E-state index in [4.69, 9.17) is 4.74 Å². The third-order valence-electron chi connectivity index (χ3n) is 3.76. The van der Waals surface area contributed by atoms with Crippen LogP contribution in [0.5, 0.6) is 0 Å². The molecule has 0 bridgehead atoms. The van der Waals surface area contributed by atoms with Crippen LogP contribution >= 0.6 is 11.3 Å². The molecule has 1 aromatic rings. The van der Waals surface area contributed by atoms with Gasteiger partial charge >= 0.3 is 0 Å². The van der Waals surface area contributed by atoms with Gasteiger partial charge in [-0.3, -0.25) is 0 Å². The van der Waals surface area contributed by atoms with Gasteiger partial charge in [0.1, 0.15) is 0 Å². The Morgan fingerprint density at radius 1 is 1.53 bits per heavy atom. The molecule has 1 atom stereocenters. The van der Waals surface area contributed by atoms with E-state index in [0.717, 1.165) is 13.2 Å². The van der Waals surface area contributed by atoms with Gasteiger partial charge in [-0.1, -0.05) is 0 Å². The summed E-state index contributed by atoms with van der Waals surface area (Å²) in [7, 11) is 0. The summed E-state index contributed by atoms with van der Waals surface area (Å²) in [6, 6.07) is 2.87. The Bertz CT molecular complexity index is 350. The summed E-state index contributed by atoms with van der Waals surface area (Å²) in [6.45, 7) is 5.22. The molecule has 0 aliphatic carbocycles. The third-order valence-corrected chi connectivity index (χ3v) is 5.00. The van der Waals surface area contributed by atoms with Gasteiger partial charge < -0.3 is 10.1 Å². The van der Waals surface area contributed by atoms with E-state index >= 15 is 0 Å². The zero-order valence-corrected chi connectivity index (χ0v) is 9.90. The van der Waals surface area contributed by atoms with Crippen LogP contribution in [0.2, 0.25) is 0 Å². The monoisotopic (exact) mass is 223 g/mol. The largest absolute Gasteiger partial charge is 0.379 e. The van der Waals surface area contributed by atoms with E-state index in [2.05, 4.69) is 23.7 Å². The highest BCUT2D eigenvalue weighted by Crippen LogP contribution is 2.42. The minimum Gasteiger partial charge on any atom is -0.379 e. The Labute approximate surface area is 94.6 Å². The summed E-state index contributed by atoms with van der Waals surface area (Å²) >= 11 is 1.90. The SMILES string of the molecule is Cc1ccsc1C1(C2CCCN2)COC1. The van der Waals surface area contributed by atoms with Crippen LogP contribution in [0.15, 0.2) is 11.4 Å². The first-order chi connectivity index (χ1) is 7.33. The van der Waals surface area contributed by atoms with Gasteiger partial charge in [0.2, 0.25) is 0 Å². The molecule has 3 heteroatoms. The lowest BCUT2D eigenvalue weighted by atomic mass is 9.75. The molecule has 2 fully saturated rings. The van der Waals surface area contributed by atoms with Crippen molar-refractivity contribution in [1.82, 2.24) is 5.32 Å². The predicted octanol–water partition coefficient (Wildman–Crippen LogP) is 2.08. The van der Waals surface area contributed by atoms with Crippen LogP contribution in [0, 0.1) is 6.92 Å². The second kappa shape index (κ2) is 3.58. The van der Waals surface area contributed by atoms with Gasteiger partial charge in [-0.2, -0.15) is 0 Å². The molecule has 2 aliphatic heterocycles. The third kappa shape index (κ3) is 1.37. The zero-order valence-electron chi connectivity index (χ0n) is 9.08. The maximum Gasteiger partial charge on any atom is 0.0669 e. The van der Waals surface area contributed by atoms with E-state index in [1.54, 1.807) is 4.88 Å². The molecule has 2 saturated heterocycles. The smallest absolute Gasteiger partial charge is 0.0669 e. The molecule has 1 N–H and O–H groups in total. The summed E-state index contributed by atoms with van der Waals surface area (Å²) < 4.78 is 5.50. The molecule has 0 aromatic carbocycles. The van der Waals surface area contributed by atoms with Crippen LogP contribution in [-0.2, 0) is 10.2 Å². The van der Waals surface area contributed by atoms with Crippen LogP contribution in [0.25, 0.3) is 0 Å². The molecule has 0 saturated carbocycles. The van der Waals surface area contributed by atoms with Gasteiger partial charge in [0, 0.05) is 10.9 Å². The Balaban J connectivity index is 1.95. The molecular formula is C12H17NOS. The molecule has 15 heavy (non-hydrogen) atoms. The number of hydrogen-bond donors (Lipinski definition) is 1. The van der Waals surface area contributed by atoms with Crippen LogP contribution < -0.4 is 5.32 Å². The van der Waals surface area contributed by atoms with E-state index in [9.17, 15) is 0 Å². The molecule has 0 amide bonds. The first-order valence-electron chi connectivity index (χ1n) is 5.69. The maximum absolute atomic E-state index is 5.50. The summed E-state index contributed by atoms with van der Waals surface area (Å²) in [6.07, 6.45) is 2.62. The number of nitrogens with one attached hydrogen (secondary N) is 1. The van der Waals surface area contributed by atoms with Crippen LogP contribution in [0.4, 0.5) is 0 Å². The summed E-state index contributed by atoms with van der Waals surface area (Å²) in [5.74, 6) is 0. The predicted molar refractivity (Wildman–Crippen MR) is 62.6 cm³/mol. The second-order valence-corrected chi connectivity index (χ2v) is 5.65. The zero-order chi connectivity index (χ0) is 10.3. The molecule has 3 rings (SSSR count). The fraction of sp³-hybridized carbons (Fsp3) is 0.667. The lowest BCUT2D eigenvalue weighted by molar-refractivity contribution is -0.0744. The molecule has 82 valence electrons.